The van der Waals surface area contributed by atoms with Gasteiger partial charge in [-0.1, -0.05) is 0 Å². The van der Waals surface area contributed by atoms with E-state index in [-0.39, 0.29) is 30.4 Å². The Bertz CT molecular complexity index is 901. The molecule has 1 aromatic carbocycles. The van der Waals surface area contributed by atoms with Crippen molar-refractivity contribution < 1.29 is 9.90 Å². The van der Waals surface area contributed by atoms with Gasteiger partial charge < -0.3 is 15.7 Å². The molecule has 3 rings (SSSR count). The number of nitrogens with one attached hydrogen (secondary N) is 2. The summed E-state index contributed by atoms with van der Waals surface area (Å²) < 4.78 is 3.47. The average Bonchev–Trinajstić information content (AvgIpc) is 3.10. The first-order valence-electron chi connectivity index (χ1n) is 9.51. The van der Waals surface area contributed by atoms with Crippen molar-refractivity contribution in [3.63, 3.8) is 0 Å². The lowest BCUT2D eigenvalue weighted by Gasteiger charge is -2.15. The van der Waals surface area contributed by atoms with Gasteiger partial charge in [0, 0.05) is 37.4 Å². The van der Waals surface area contributed by atoms with Crippen molar-refractivity contribution in [2.75, 3.05) is 25.5 Å². The number of aryl methyl sites for hydroxylation is 3. The fourth-order valence-electron chi connectivity index (χ4n) is 3.95. The third-order valence-electron chi connectivity index (χ3n) is 5.48. The maximum absolute atomic E-state index is 12.5. The van der Waals surface area contributed by atoms with Gasteiger partial charge in [0.25, 0.3) is 0 Å². The van der Waals surface area contributed by atoms with Gasteiger partial charge >= 0.3 is 11.7 Å². The van der Waals surface area contributed by atoms with Crippen LogP contribution < -0.4 is 16.3 Å². The number of carbonyl (C=O) groups is 1. The monoisotopic (exact) mass is 375 g/mol. The quantitative estimate of drug-likeness (QED) is 0.735. The Morgan fingerprint density at radius 3 is 2.41 bits per heavy atom. The molecule has 0 aliphatic carbocycles. The first kappa shape index (κ1) is 19.4. The highest BCUT2D eigenvalue weighted by Gasteiger charge is 2.29. The van der Waals surface area contributed by atoms with Gasteiger partial charge in [-0.25, -0.2) is 9.59 Å². The third-order valence-corrected chi connectivity index (χ3v) is 5.48. The SMILES string of the molecule is CCn1c(=O)n(CC)c2cc(NC(=O)N[C@@H]3C[C@@H](CO)N(C)C3)c(C)cc21. The molecule has 0 unspecified atom stereocenters. The first-order valence-corrected chi connectivity index (χ1v) is 9.51. The predicted octanol–water partition coefficient (Wildman–Crippen LogP) is 1.34. The molecule has 148 valence electrons. The van der Waals surface area contributed by atoms with Crippen LogP contribution in [0.5, 0.6) is 0 Å². The molecule has 2 amide bonds. The van der Waals surface area contributed by atoms with Crippen molar-refractivity contribution in [2.45, 2.75) is 52.4 Å². The number of aliphatic hydroxyl groups excluding tert-OH is 1. The van der Waals surface area contributed by atoms with Crippen molar-refractivity contribution in [3.8, 4) is 0 Å². The largest absolute Gasteiger partial charge is 0.395 e. The van der Waals surface area contributed by atoms with Gasteiger partial charge in [-0.3, -0.25) is 14.0 Å². The fraction of sp³-hybridized carbons (Fsp3) is 0.579. The average molecular weight is 375 g/mol. The molecule has 0 spiro atoms. The van der Waals surface area contributed by atoms with Crippen LogP contribution in [0, 0.1) is 6.92 Å². The van der Waals surface area contributed by atoms with E-state index >= 15 is 0 Å². The number of amides is 2. The van der Waals surface area contributed by atoms with E-state index in [2.05, 4.69) is 15.5 Å². The van der Waals surface area contributed by atoms with Crippen molar-refractivity contribution in [3.05, 3.63) is 28.2 Å². The minimum absolute atomic E-state index is 0.00573. The first-order chi connectivity index (χ1) is 12.9. The van der Waals surface area contributed by atoms with E-state index in [1.807, 2.05) is 40.0 Å². The van der Waals surface area contributed by atoms with Gasteiger partial charge in [-0.05, 0) is 51.9 Å². The number of carbonyl (C=O) groups excluding carboxylic acids is 1. The van der Waals surface area contributed by atoms with Crippen LogP contribution in [0.25, 0.3) is 11.0 Å². The molecule has 1 saturated heterocycles. The molecule has 8 heteroatoms. The highest BCUT2D eigenvalue weighted by molar-refractivity contribution is 5.93. The van der Waals surface area contributed by atoms with E-state index < -0.39 is 0 Å². The Morgan fingerprint density at radius 2 is 1.85 bits per heavy atom. The van der Waals surface area contributed by atoms with Crippen molar-refractivity contribution in [1.82, 2.24) is 19.4 Å². The molecule has 0 radical (unpaired) electrons. The molecule has 1 fully saturated rings. The lowest BCUT2D eigenvalue weighted by atomic mass is 10.1. The molecule has 0 bridgehead atoms. The van der Waals surface area contributed by atoms with Crippen LogP contribution in [0.2, 0.25) is 0 Å². The number of hydrogen-bond acceptors (Lipinski definition) is 4. The van der Waals surface area contributed by atoms with E-state index in [4.69, 9.17) is 0 Å². The Kier molecular flexibility index (Phi) is 5.57. The summed E-state index contributed by atoms with van der Waals surface area (Å²) in [5, 5.41) is 15.3. The van der Waals surface area contributed by atoms with Crippen LogP contribution in [0.1, 0.15) is 25.8 Å². The van der Waals surface area contributed by atoms with Crippen molar-refractivity contribution in [2.24, 2.45) is 0 Å². The van der Waals surface area contributed by atoms with Gasteiger partial charge in [0.1, 0.15) is 0 Å². The lowest BCUT2D eigenvalue weighted by Crippen LogP contribution is -2.39. The van der Waals surface area contributed by atoms with Gasteiger partial charge in [0.05, 0.1) is 17.6 Å². The maximum atomic E-state index is 12.5. The topological polar surface area (TPSA) is 91.5 Å². The standard InChI is InChI=1S/C19H29N5O3/c1-5-23-16-7-12(3)15(9-17(16)24(6-2)19(23)27)21-18(26)20-13-8-14(11-25)22(4)10-13/h7,9,13-14,25H,5-6,8,10-11H2,1-4H3,(H2,20,21,26)/t13-,14+/m1/s1. The fourth-order valence-corrected chi connectivity index (χ4v) is 3.95. The van der Waals surface area contributed by atoms with Crippen LogP contribution in [-0.4, -0.2) is 57.5 Å². The third kappa shape index (κ3) is 3.59. The molecule has 3 N–H and O–H groups in total. The van der Waals surface area contributed by atoms with Crippen LogP contribution in [0.4, 0.5) is 10.5 Å². The number of rotatable bonds is 5. The molecule has 1 aliphatic rings. The number of aromatic nitrogens is 2. The number of aliphatic hydroxyl groups is 1. The molecule has 0 saturated carbocycles. The summed E-state index contributed by atoms with van der Waals surface area (Å²) in [4.78, 5) is 27.0. The normalized spacial score (nSPS) is 20.3. The van der Waals surface area contributed by atoms with Crippen molar-refractivity contribution in [1.29, 1.82) is 0 Å². The molecule has 27 heavy (non-hydrogen) atoms. The molecular weight excluding hydrogens is 346 g/mol. The van der Waals surface area contributed by atoms with E-state index in [0.717, 1.165) is 23.0 Å². The summed E-state index contributed by atoms with van der Waals surface area (Å²) >= 11 is 0. The van der Waals surface area contributed by atoms with Gasteiger partial charge in [-0.2, -0.15) is 0 Å². The highest BCUT2D eigenvalue weighted by Crippen LogP contribution is 2.24. The maximum Gasteiger partial charge on any atom is 0.329 e. The smallest absolute Gasteiger partial charge is 0.329 e. The van der Waals surface area contributed by atoms with E-state index in [1.54, 1.807) is 9.13 Å². The molecule has 2 atom stereocenters. The van der Waals surface area contributed by atoms with Crippen LogP contribution in [-0.2, 0) is 13.1 Å². The number of urea groups is 1. The second-order valence-corrected chi connectivity index (χ2v) is 7.23. The van der Waals surface area contributed by atoms with Crippen molar-refractivity contribution >= 4 is 22.8 Å². The summed E-state index contributed by atoms with van der Waals surface area (Å²) in [5.74, 6) is 0. The predicted molar refractivity (Wildman–Crippen MR) is 106 cm³/mol. The van der Waals surface area contributed by atoms with Gasteiger partial charge in [0.15, 0.2) is 0 Å². The molecule has 2 heterocycles. The Hall–Kier alpha value is -2.32. The summed E-state index contributed by atoms with van der Waals surface area (Å²) in [6.45, 7) is 7.81. The Balaban J connectivity index is 1.82. The van der Waals surface area contributed by atoms with Crippen LogP contribution in [0.15, 0.2) is 16.9 Å². The number of fused-ring (bicyclic) bond motifs is 1. The van der Waals surface area contributed by atoms with Crippen LogP contribution >= 0.6 is 0 Å². The number of likely N-dealkylation sites (N-methyl/N-ethyl adjacent to an activating group) is 1. The second-order valence-electron chi connectivity index (χ2n) is 7.23. The molecule has 2 aromatic rings. The zero-order valence-electron chi connectivity index (χ0n) is 16.5. The number of hydrogen-bond donors (Lipinski definition) is 3. The number of nitrogens with zero attached hydrogens (tertiary/aromatic N) is 3. The Morgan fingerprint density at radius 1 is 1.22 bits per heavy atom. The molecular formula is C19H29N5O3. The van der Waals surface area contributed by atoms with Crippen LogP contribution in [0.3, 0.4) is 0 Å². The summed E-state index contributed by atoms with van der Waals surface area (Å²) in [6.07, 6.45) is 0.729. The molecule has 8 nitrogen and oxygen atoms in total. The van der Waals surface area contributed by atoms with E-state index in [9.17, 15) is 14.7 Å². The number of imidazole rings is 1. The summed E-state index contributed by atoms with van der Waals surface area (Å²) in [6, 6.07) is 3.65. The van der Waals surface area contributed by atoms with Gasteiger partial charge in [0.2, 0.25) is 0 Å². The Labute approximate surface area is 158 Å². The molecule has 1 aliphatic heterocycles. The number of benzene rings is 1. The highest BCUT2D eigenvalue weighted by atomic mass is 16.3. The minimum atomic E-state index is -0.269. The van der Waals surface area contributed by atoms with E-state index in [1.165, 1.54) is 0 Å². The number of likely N-dealkylation sites (tertiary alicyclic amines) is 1. The summed E-state index contributed by atoms with van der Waals surface area (Å²) in [5.41, 5.74) is 3.28. The lowest BCUT2D eigenvalue weighted by molar-refractivity contribution is 0.182. The zero-order valence-corrected chi connectivity index (χ0v) is 16.5. The zero-order chi connectivity index (χ0) is 19.7. The second kappa shape index (κ2) is 7.74. The minimum Gasteiger partial charge on any atom is -0.395 e. The van der Waals surface area contributed by atoms with E-state index in [0.29, 0.717) is 25.3 Å². The summed E-state index contributed by atoms with van der Waals surface area (Å²) in [7, 11) is 1.95. The number of anilines is 1. The molecule has 1 aromatic heterocycles. The van der Waals surface area contributed by atoms with Gasteiger partial charge in [-0.15, -0.1) is 0 Å².